The molecule has 0 spiro atoms. The molecular weight excluding hydrogens is 268 g/mol. The minimum atomic E-state index is -0.915. The molecule has 0 saturated carbocycles. The first-order valence-corrected chi connectivity index (χ1v) is 6.74. The summed E-state index contributed by atoms with van der Waals surface area (Å²) in [6.45, 7) is 6.35. The van der Waals surface area contributed by atoms with Gasteiger partial charge in [-0.2, -0.15) is 0 Å². The number of primary amides is 2. The van der Waals surface area contributed by atoms with Gasteiger partial charge in [-0.3, -0.25) is 9.59 Å². The Kier molecular flexibility index (Phi) is 5.13. The van der Waals surface area contributed by atoms with Crippen molar-refractivity contribution in [3.05, 3.63) is 34.9 Å². The van der Waals surface area contributed by atoms with Crippen molar-refractivity contribution < 1.29 is 14.7 Å². The molecule has 0 saturated heterocycles. The van der Waals surface area contributed by atoms with E-state index in [0.717, 1.165) is 12.0 Å². The minimum Gasteiger partial charge on any atom is -0.507 e. The highest BCUT2D eigenvalue weighted by molar-refractivity contribution is 6.20. The molecule has 114 valence electrons. The van der Waals surface area contributed by atoms with Gasteiger partial charge in [0.25, 0.3) is 11.8 Å². The fraction of sp³-hybridized carbons (Fsp3) is 0.375. The highest BCUT2D eigenvalue weighted by Gasteiger charge is 2.15. The number of benzene rings is 1. The van der Waals surface area contributed by atoms with Gasteiger partial charge in [0.2, 0.25) is 0 Å². The third-order valence-electron chi connectivity index (χ3n) is 3.13. The minimum absolute atomic E-state index is 0.0433. The molecule has 0 atom stereocenters. The van der Waals surface area contributed by atoms with Crippen LogP contribution >= 0.6 is 0 Å². The molecule has 2 amide bonds. The molecule has 1 aromatic rings. The van der Waals surface area contributed by atoms with Gasteiger partial charge in [0.15, 0.2) is 0 Å². The van der Waals surface area contributed by atoms with E-state index in [1.54, 1.807) is 12.1 Å². The smallest absolute Gasteiger partial charge is 0.254 e. The van der Waals surface area contributed by atoms with E-state index in [2.05, 4.69) is 20.8 Å². The lowest BCUT2D eigenvalue weighted by atomic mass is 9.88. The summed E-state index contributed by atoms with van der Waals surface area (Å²) >= 11 is 0. The Morgan fingerprint density at radius 2 is 1.76 bits per heavy atom. The summed E-state index contributed by atoms with van der Waals surface area (Å²) in [5.74, 6) is -1.79. The Bertz CT molecular complexity index is 568. The number of carbonyl (C=O) groups is 2. The summed E-state index contributed by atoms with van der Waals surface area (Å²) < 4.78 is 0. The molecule has 0 aromatic heterocycles. The summed E-state index contributed by atoms with van der Waals surface area (Å²) in [7, 11) is 0. The van der Waals surface area contributed by atoms with Crippen molar-refractivity contribution in [1.29, 1.82) is 0 Å². The lowest BCUT2D eigenvalue weighted by Gasteiger charge is -2.18. The maximum atomic E-state index is 11.2. The van der Waals surface area contributed by atoms with Gasteiger partial charge in [-0.15, -0.1) is 0 Å². The van der Waals surface area contributed by atoms with Crippen molar-refractivity contribution in [3.63, 3.8) is 0 Å². The van der Waals surface area contributed by atoms with Crippen LogP contribution in [0, 0.1) is 5.41 Å². The summed E-state index contributed by atoms with van der Waals surface area (Å²) in [5, 5.41) is 10.2. The van der Waals surface area contributed by atoms with Crippen LogP contribution in [0.15, 0.2) is 23.8 Å². The first-order chi connectivity index (χ1) is 9.61. The van der Waals surface area contributed by atoms with E-state index in [1.165, 1.54) is 6.08 Å². The summed E-state index contributed by atoms with van der Waals surface area (Å²) in [6, 6.07) is 5.16. The zero-order valence-corrected chi connectivity index (χ0v) is 12.6. The second-order valence-electron chi connectivity index (χ2n) is 6.20. The van der Waals surface area contributed by atoms with Gasteiger partial charge < -0.3 is 16.6 Å². The van der Waals surface area contributed by atoms with Gasteiger partial charge in [-0.05, 0) is 29.9 Å². The van der Waals surface area contributed by atoms with E-state index < -0.39 is 11.8 Å². The molecule has 21 heavy (non-hydrogen) atoms. The van der Waals surface area contributed by atoms with Crippen LogP contribution in [0.1, 0.15) is 38.3 Å². The van der Waals surface area contributed by atoms with Crippen molar-refractivity contribution in [3.8, 4) is 5.75 Å². The quantitative estimate of drug-likeness (QED) is 0.436. The lowest BCUT2D eigenvalue weighted by molar-refractivity contribution is -0.120. The van der Waals surface area contributed by atoms with Crippen LogP contribution in [0.3, 0.4) is 0 Å². The Hall–Kier alpha value is -2.30. The molecule has 0 aliphatic carbocycles. The predicted molar refractivity (Wildman–Crippen MR) is 82.2 cm³/mol. The van der Waals surface area contributed by atoms with Crippen LogP contribution in [0.4, 0.5) is 0 Å². The molecule has 0 radical (unpaired) electrons. The van der Waals surface area contributed by atoms with Gasteiger partial charge in [-0.25, -0.2) is 0 Å². The zero-order chi connectivity index (χ0) is 16.2. The van der Waals surface area contributed by atoms with Gasteiger partial charge in [0, 0.05) is 5.56 Å². The third kappa shape index (κ3) is 4.95. The van der Waals surface area contributed by atoms with Gasteiger partial charge in [0.05, 0.1) is 0 Å². The number of nitrogens with two attached hydrogens (primary N) is 2. The fourth-order valence-corrected chi connectivity index (χ4v) is 1.86. The van der Waals surface area contributed by atoms with Crippen molar-refractivity contribution in [2.24, 2.45) is 16.9 Å². The molecule has 1 rings (SSSR count). The van der Waals surface area contributed by atoms with Gasteiger partial charge in [0.1, 0.15) is 11.3 Å². The number of hydrogen-bond acceptors (Lipinski definition) is 3. The molecule has 5 nitrogen and oxygen atoms in total. The number of carbonyl (C=O) groups excluding carboxylic acids is 2. The summed E-state index contributed by atoms with van der Waals surface area (Å²) in [6.07, 6.45) is 2.81. The number of amides is 2. The SMILES string of the molecule is CC(C)(C)CCc1cccc(C=C(C(N)=O)C(N)=O)c1O. The number of rotatable bonds is 5. The highest BCUT2D eigenvalue weighted by atomic mass is 16.3. The van der Waals surface area contributed by atoms with Gasteiger partial charge >= 0.3 is 0 Å². The molecule has 5 heteroatoms. The first kappa shape index (κ1) is 16.8. The topological polar surface area (TPSA) is 106 Å². The van der Waals surface area contributed by atoms with Crippen LogP contribution in [-0.2, 0) is 16.0 Å². The third-order valence-corrected chi connectivity index (χ3v) is 3.13. The van der Waals surface area contributed by atoms with Crippen LogP contribution in [0.25, 0.3) is 6.08 Å². The molecule has 0 unspecified atom stereocenters. The largest absolute Gasteiger partial charge is 0.507 e. The first-order valence-electron chi connectivity index (χ1n) is 6.74. The second-order valence-corrected chi connectivity index (χ2v) is 6.20. The van der Waals surface area contributed by atoms with Crippen molar-refractivity contribution in [2.45, 2.75) is 33.6 Å². The normalized spacial score (nSPS) is 11.0. The number of aromatic hydroxyl groups is 1. The van der Waals surface area contributed by atoms with Crippen LogP contribution in [-0.4, -0.2) is 16.9 Å². The van der Waals surface area contributed by atoms with E-state index >= 15 is 0 Å². The molecular formula is C16H22N2O3. The molecule has 5 N–H and O–H groups in total. The maximum Gasteiger partial charge on any atom is 0.254 e. The highest BCUT2D eigenvalue weighted by Crippen LogP contribution is 2.29. The van der Waals surface area contributed by atoms with Gasteiger partial charge in [-0.1, -0.05) is 39.0 Å². The van der Waals surface area contributed by atoms with Crippen LogP contribution in [0.5, 0.6) is 5.75 Å². The molecule has 0 heterocycles. The average Bonchev–Trinajstić information content (AvgIpc) is 2.34. The summed E-state index contributed by atoms with van der Waals surface area (Å²) in [4.78, 5) is 22.3. The number of para-hydroxylation sites is 1. The number of hydrogen-bond donors (Lipinski definition) is 3. The Morgan fingerprint density at radius 1 is 1.19 bits per heavy atom. The lowest BCUT2D eigenvalue weighted by Crippen LogP contribution is -2.25. The molecule has 1 aromatic carbocycles. The van der Waals surface area contributed by atoms with Crippen molar-refractivity contribution >= 4 is 17.9 Å². The van der Waals surface area contributed by atoms with E-state index in [1.807, 2.05) is 6.07 Å². The Labute approximate surface area is 124 Å². The maximum absolute atomic E-state index is 11.2. The van der Waals surface area contributed by atoms with E-state index in [9.17, 15) is 14.7 Å². The fourth-order valence-electron chi connectivity index (χ4n) is 1.86. The molecule has 0 aliphatic rings. The molecule has 0 fully saturated rings. The Balaban J connectivity index is 3.13. The standard InChI is InChI=1S/C16H22N2O3/c1-16(2,3)8-7-10-5-4-6-11(13(10)19)9-12(14(17)20)15(18)21/h4-6,9,19H,7-8H2,1-3H3,(H2,17,20)(H2,18,21). The van der Waals surface area contributed by atoms with Crippen molar-refractivity contribution in [1.82, 2.24) is 0 Å². The molecule has 0 bridgehead atoms. The van der Waals surface area contributed by atoms with E-state index in [4.69, 9.17) is 11.5 Å². The zero-order valence-electron chi connectivity index (χ0n) is 12.6. The van der Waals surface area contributed by atoms with Crippen LogP contribution in [0.2, 0.25) is 0 Å². The van der Waals surface area contributed by atoms with Crippen molar-refractivity contribution in [2.75, 3.05) is 0 Å². The second kappa shape index (κ2) is 6.43. The number of phenols is 1. The monoisotopic (exact) mass is 290 g/mol. The van der Waals surface area contributed by atoms with E-state index in [0.29, 0.717) is 12.0 Å². The number of aryl methyl sites for hydroxylation is 1. The summed E-state index contributed by atoms with van der Waals surface area (Å²) in [5.41, 5.74) is 11.1. The van der Waals surface area contributed by atoms with E-state index in [-0.39, 0.29) is 16.7 Å². The molecule has 0 aliphatic heterocycles. The Morgan fingerprint density at radius 3 is 2.24 bits per heavy atom. The number of phenolic OH excluding ortho intramolecular Hbond substituents is 1. The van der Waals surface area contributed by atoms with Crippen LogP contribution < -0.4 is 11.5 Å². The average molecular weight is 290 g/mol. The predicted octanol–water partition coefficient (Wildman–Crippen LogP) is 1.72.